The second-order valence-electron chi connectivity index (χ2n) is 6.20. The molecule has 3 aliphatic heterocycles. The third kappa shape index (κ3) is 1.94. The molecule has 0 unspecified atom stereocenters. The number of aromatic nitrogens is 1. The summed E-state index contributed by atoms with van der Waals surface area (Å²) in [7, 11) is 0. The van der Waals surface area contributed by atoms with Crippen molar-refractivity contribution in [3.63, 3.8) is 0 Å². The monoisotopic (exact) mass is 308 g/mol. The first-order valence-corrected chi connectivity index (χ1v) is 8.86. The summed E-state index contributed by atoms with van der Waals surface area (Å²) in [5.74, 6) is 0. The second-order valence-corrected chi connectivity index (χ2v) is 7.28. The van der Waals surface area contributed by atoms with Crippen molar-refractivity contribution in [2.24, 2.45) is 0 Å². The summed E-state index contributed by atoms with van der Waals surface area (Å²) >= 11 is 1.87. The molecule has 0 atom stereocenters. The molecule has 0 bridgehead atoms. The van der Waals surface area contributed by atoms with E-state index in [1.165, 1.54) is 59.6 Å². The van der Waals surface area contributed by atoms with Crippen LogP contribution in [0.1, 0.15) is 12.8 Å². The Morgan fingerprint density at radius 3 is 2.64 bits per heavy atom. The smallest absolute Gasteiger partial charge is 0.201 e. The Balaban J connectivity index is 1.70. The Hall–Kier alpha value is -1.94. The summed E-state index contributed by atoms with van der Waals surface area (Å²) in [5, 5.41) is 1.34. The molecule has 0 aromatic heterocycles. The molecule has 0 N–H and O–H groups in total. The van der Waals surface area contributed by atoms with Crippen molar-refractivity contribution in [1.82, 2.24) is 9.56 Å². The van der Waals surface area contributed by atoms with Crippen LogP contribution in [-0.4, -0.2) is 31.2 Å². The van der Waals surface area contributed by atoms with Crippen molar-refractivity contribution in [3.05, 3.63) is 41.8 Å². The molecule has 0 amide bonds. The molecule has 0 saturated carbocycles. The molecule has 3 heterocycles. The lowest BCUT2D eigenvalue weighted by Gasteiger charge is -2.33. The van der Waals surface area contributed by atoms with Crippen LogP contribution in [0.2, 0.25) is 0 Å². The number of fused-ring (bicyclic) bond motifs is 2. The van der Waals surface area contributed by atoms with E-state index in [0.29, 0.717) is 0 Å². The van der Waals surface area contributed by atoms with Gasteiger partial charge in [-0.1, -0.05) is 0 Å². The van der Waals surface area contributed by atoms with Crippen LogP contribution in [0, 0.1) is 0 Å². The van der Waals surface area contributed by atoms with Crippen molar-refractivity contribution in [2.45, 2.75) is 12.8 Å². The predicted octanol–water partition coefficient (Wildman–Crippen LogP) is 2.79. The maximum atomic E-state index is 4.84. The standard InChI is InChI=1S/C18H18N3S/c1-7-20(8-1)13-3-5-15-17(11-13)22-18-12-14(21-9-2-10-21)4-6-16(18)19-15/h3-6,11-12H,1-2,7-10H2/q+1. The molecule has 22 heavy (non-hydrogen) atoms. The van der Waals surface area contributed by atoms with Gasteiger partial charge < -0.3 is 4.90 Å². The largest absolute Gasteiger partial charge is 0.371 e. The van der Waals surface area contributed by atoms with E-state index in [0.717, 1.165) is 11.2 Å². The zero-order valence-corrected chi connectivity index (χ0v) is 13.3. The van der Waals surface area contributed by atoms with Crippen LogP contribution >= 0.6 is 11.3 Å². The number of anilines is 1. The van der Waals surface area contributed by atoms with E-state index in [1.54, 1.807) is 0 Å². The van der Waals surface area contributed by atoms with E-state index in [2.05, 4.69) is 45.9 Å². The van der Waals surface area contributed by atoms with Crippen LogP contribution in [0.4, 0.5) is 5.69 Å². The maximum absolute atomic E-state index is 4.84. The Labute approximate surface area is 133 Å². The van der Waals surface area contributed by atoms with Gasteiger partial charge in [-0.2, -0.15) is 0 Å². The molecule has 4 heteroatoms. The highest BCUT2D eigenvalue weighted by Gasteiger charge is 2.18. The third-order valence-corrected chi connectivity index (χ3v) is 5.88. The molecular formula is C18H18N3S+. The lowest BCUT2D eigenvalue weighted by Crippen LogP contribution is -2.40. The summed E-state index contributed by atoms with van der Waals surface area (Å²) in [6.45, 7) is 4.76. The molecule has 1 aliphatic carbocycles. The third-order valence-electron chi connectivity index (χ3n) is 4.79. The first kappa shape index (κ1) is 12.6. The minimum absolute atomic E-state index is 1.11. The first-order valence-electron chi connectivity index (χ1n) is 8.04. The summed E-state index contributed by atoms with van der Waals surface area (Å²) in [5.41, 5.74) is 3.56. The number of benzene rings is 2. The molecule has 3 nitrogen and oxygen atoms in total. The van der Waals surface area contributed by atoms with Crippen LogP contribution < -0.4 is 14.8 Å². The highest BCUT2D eigenvalue weighted by atomic mass is 32.1. The molecule has 4 aliphatic rings. The Kier molecular flexibility index (Phi) is 2.74. The predicted molar refractivity (Wildman–Crippen MR) is 92.7 cm³/mol. The molecule has 0 radical (unpaired) electrons. The van der Waals surface area contributed by atoms with Gasteiger partial charge in [-0.05, 0) is 30.7 Å². The second kappa shape index (κ2) is 4.78. The lowest BCUT2D eigenvalue weighted by molar-refractivity contribution is 0.433. The van der Waals surface area contributed by atoms with Crippen LogP contribution in [0.15, 0.2) is 36.4 Å². The van der Waals surface area contributed by atoms with Gasteiger partial charge in [0, 0.05) is 30.9 Å². The van der Waals surface area contributed by atoms with Crippen molar-refractivity contribution in [3.8, 4) is 10.6 Å². The topological polar surface area (TPSA) is 19.1 Å². The van der Waals surface area contributed by atoms with Gasteiger partial charge in [0.1, 0.15) is 13.1 Å². The molecule has 1 aromatic carbocycles. The van der Waals surface area contributed by atoms with Gasteiger partial charge in [0.05, 0.1) is 27.2 Å². The summed E-state index contributed by atoms with van der Waals surface area (Å²) in [4.78, 5) is 8.57. The minimum atomic E-state index is 1.11. The highest BCUT2D eigenvalue weighted by molar-refractivity contribution is 7.21. The fourth-order valence-corrected chi connectivity index (χ4v) is 4.18. The Morgan fingerprint density at radius 2 is 1.91 bits per heavy atom. The van der Waals surface area contributed by atoms with E-state index in [-0.39, 0.29) is 0 Å². The molecule has 110 valence electrons. The van der Waals surface area contributed by atoms with Crippen LogP contribution in [0.25, 0.3) is 20.8 Å². The molecule has 0 spiro atoms. The van der Waals surface area contributed by atoms with E-state index in [1.807, 2.05) is 11.3 Å². The fraction of sp³-hybridized carbons (Fsp3) is 0.333. The SMILES string of the molecule is c1cc2nc3ccc(=[N+]4CCC4)cc-3sc2cc1N1CCC1. The summed E-state index contributed by atoms with van der Waals surface area (Å²) in [6, 6.07) is 13.4. The molecule has 2 saturated heterocycles. The van der Waals surface area contributed by atoms with Crippen molar-refractivity contribution >= 4 is 27.2 Å². The number of hydrogen-bond acceptors (Lipinski definition) is 3. The van der Waals surface area contributed by atoms with Crippen molar-refractivity contribution in [2.75, 3.05) is 31.1 Å². The zero-order valence-electron chi connectivity index (χ0n) is 12.5. The first-order chi connectivity index (χ1) is 10.9. The molecular weight excluding hydrogens is 290 g/mol. The van der Waals surface area contributed by atoms with Gasteiger partial charge in [0.25, 0.3) is 0 Å². The van der Waals surface area contributed by atoms with Crippen LogP contribution in [0.3, 0.4) is 0 Å². The quantitative estimate of drug-likeness (QED) is 0.508. The van der Waals surface area contributed by atoms with Crippen molar-refractivity contribution in [1.29, 1.82) is 0 Å². The summed E-state index contributed by atoms with van der Waals surface area (Å²) < 4.78 is 3.73. The Bertz CT molecular complexity index is 902. The van der Waals surface area contributed by atoms with E-state index in [4.69, 9.17) is 4.98 Å². The minimum Gasteiger partial charge on any atom is -0.371 e. The van der Waals surface area contributed by atoms with E-state index in [9.17, 15) is 0 Å². The van der Waals surface area contributed by atoms with Crippen LogP contribution in [0.5, 0.6) is 0 Å². The van der Waals surface area contributed by atoms with Crippen LogP contribution in [-0.2, 0) is 0 Å². The number of hydrogen-bond donors (Lipinski definition) is 0. The average molecular weight is 308 g/mol. The van der Waals surface area contributed by atoms with Gasteiger partial charge in [-0.15, -0.1) is 11.3 Å². The lowest BCUT2D eigenvalue weighted by atomic mass is 10.1. The van der Waals surface area contributed by atoms with Gasteiger partial charge in [0.15, 0.2) is 0 Å². The molecule has 5 rings (SSSR count). The summed E-state index contributed by atoms with van der Waals surface area (Å²) in [6.07, 6.45) is 2.63. The maximum Gasteiger partial charge on any atom is 0.201 e. The van der Waals surface area contributed by atoms with Gasteiger partial charge in [0.2, 0.25) is 5.36 Å². The number of nitrogens with zero attached hydrogens (tertiary/aromatic N) is 3. The normalized spacial score (nSPS) is 17.6. The average Bonchev–Trinajstić information content (AvgIpc) is 2.41. The van der Waals surface area contributed by atoms with E-state index >= 15 is 0 Å². The Morgan fingerprint density at radius 1 is 1.00 bits per heavy atom. The zero-order chi connectivity index (χ0) is 14.5. The van der Waals surface area contributed by atoms with Gasteiger partial charge in [-0.25, -0.2) is 9.56 Å². The fourth-order valence-electron chi connectivity index (χ4n) is 3.14. The highest BCUT2D eigenvalue weighted by Crippen LogP contribution is 2.32. The molecule has 1 aromatic rings. The van der Waals surface area contributed by atoms with Gasteiger partial charge >= 0.3 is 0 Å². The molecule has 2 fully saturated rings. The van der Waals surface area contributed by atoms with Crippen molar-refractivity contribution < 1.29 is 0 Å². The van der Waals surface area contributed by atoms with E-state index < -0.39 is 0 Å². The number of rotatable bonds is 1. The van der Waals surface area contributed by atoms with Gasteiger partial charge in [-0.3, -0.25) is 0 Å².